The third-order valence-corrected chi connectivity index (χ3v) is 11.1. The molecule has 5 aliphatic carbocycles. The Morgan fingerprint density at radius 2 is 1.37 bits per heavy atom. The van der Waals surface area contributed by atoms with Gasteiger partial charge in [0.1, 0.15) is 0 Å². The summed E-state index contributed by atoms with van der Waals surface area (Å²) in [7, 11) is -0.306. The predicted molar refractivity (Wildman–Crippen MR) is 143 cm³/mol. The Morgan fingerprint density at radius 3 is 2.06 bits per heavy atom. The number of fused-ring (bicyclic) bond motifs is 5. The van der Waals surface area contributed by atoms with Gasteiger partial charge in [0.05, 0.1) is 11.2 Å². The molecular formula is C32H35BO2. The van der Waals surface area contributed by atoms with Crippen molar-refractivity contribution < 1.29 is 9.31 Å². The van der Waals surface area contributed by atoms with Crippen molar-refractivity contribution in [1.82, 2.24) is 0 Å². The Morgan fingerprint density at radius 1 is 0.714 bits per heavy atom. The van der Waals surface area contributed by atoms with Gasteiger partial charge in [0, 0.05) is 5.41 Å². The molecule has 3 aromatic rings. The summed E-state index contributed by atoms with van der Waals surface area (Å²) < 4.78 is 13.1. The molecule has 1 spiro atoms. The molecule has 1 aliphatic heterocycles. The van der Waals surface area contributed by atoms with Crippen molar-refractivity contribution in [1.29, 1.82) is 0 Å². The summed E-state index contributed by atoms with van der Waals surface area (Å²) in [5.74, 6) is 3.41. The first-order valence-corrected chi connectivity index (χ1v) is 13.8. The lowest BCUT2D eigenvalue weighted by atomic mass is 9.43. The van der Waals surface area contributed by atoms with Crippen molar-refractivity contribution in [3.63, 3.8) is 0 Å². The zero-order valence-corrected chi connectivity index (χ0v) is 21.4. The third-order valence-electron chi connectivity index (χ3n) is 11.1. The van der Waals surface area contributed by atoms with E-state index in [0.717, 1.165) is 23.7 Å². The first-order valence-electron chi connectivity index (χ1n) is 13.8. The minimum Gasteiger partial charge on any atom is -0.399 e. The SMILES string of the molecule is CC1(C)OB(c2ccc3c(c2)C2(c4ccc5ccccc5c4-3)C3CC4CC(C3)CC2C4)OC1(C)C. The van der Waals surface area contributed by atoms with Crippen LogP contribution in [0.2, 0.25) is 0 Å². The van der Waals surface area contributed by atoms with Crippen molar-refractivity contribution in [3.8, 4) is 11.1 Å². The summed E-state index contributed by atoms with van der Waals surface area (Å²) in [6.07, 6.45) is 7.09. The van der Waals surface area contributed by atoms with E-state index in [0.29, 0.717) is 0 Å². The van der Waals surface area contributed by atoms with Gasteiger partial charge in [-0.15, -0.1) is 0 Å². The van der Waals surface area contributed by atoms with Gasteiger partial charge in [-0.1, -0.05) is 54.6 Å². The molecule has 1 heterocycles. The first-order chi connectivity index (χ1) is 16.8. The Kier molecular flexibility index (Phi) is 3.97. The fourth-order valence-electron chi connectivity index (χ4n) is 9.11. The van der Waals surface area contributed by atoms with Gasteiger partial charge >= 0.3 is 7.12 Å². The molecule has 4 saturated carbocycles. The standard InChI is InChI=1S/C32H35BO2/c1-30(2)31(3,4)35-33(34-30)24-10-11-26-28(18-24)32(22-14-19-13-20(16-22)17-23(32)15-19)27-12-9-21-7-5-6-8-25(21)29(26)27/h5-12,18-20,22-23H,13-17H2,1-4H3. The zero-order chi connectivity index (χ0) is 23.7. The lowest BCUT2D eigenvalue weighted by Gasteiger charge is -2.61. The molecule has 2 nitrogen and oxygen atoms in total. The first kappa shape index (κ1) is 21.0. The van der Waals surface area contributed by atoms with Crippen LogP contribution in [0, 0.1) is 23.7 Å². The van der Waals surface area contributed by atoms with E-state index in [1.807, 2.05) is 0 Å². The minimum atomic E-state index is -0.323. The topological polar surface area (TPSA) is 18.5 Å². The molecule has 0 unspecified atom stereocenters. The van der Waals surface area contributed by atoms with Crippen molar-refractivity contribution >= 4 is 23.4 Å². The second kappa shape index (κ2) is 6.61. The molecule has 35 heavy (non-hydrogen) atoms. The normalized spacial score (nSPS) is 35.1. The van der Waals surface area contributed by atoms with E-state index in [1.165, 1.54) is 59.5 Å². The Balaban J connectivity index is 1.37. The van der Waals surface area contributed by atoms with Gasteiger partial charge in [-0.05, 0) is 122 Å². The van der Waals surface area contributed by atoms with Crippen molar-refractivity contribution in [2.24, 2.45) is 23.7 Å². The summed E-state index contributed by atoms with van der Waals surface area (Å²) in [4.78, 5) is 0. The second-order valence-electron chi connectivity index (χ2n) is 13.3. The number of rotatable bonds is 1. The van der Waals surface area contributed by atoms with Crippen LogP contribution in [0.25, 0.3) is 21.9 Å². The second-order valence-corrected chi connectivity index (χ2v) is 13.3. The molecule has 3 aromatic carbocycles. The molecule has 0 amide bonds. The summed E-state index contributed by atoms with van der Waals surface area (Å²) >= 11 is 0. The highest BCUT2D eigenvalue weighted by atomic mass is 16.7. The summed E-state index contributed by atoms with van der Waals surface area (Å²) in [6, 6.07) is 21.1. The fourth-order valence-corrected chi connectivity index (χ4v) is 9.11. The van der Waals surface area contributed by atoms with Crippen LogP contribution in [0.4, 0.5) is 0 Å². The van der Waals surface area contributed by atoms with Gasteiger partial charge in [0.25, 0.3) is 0 Å². The van der Waals surface area contributed by atoms with E-state index in [-0.39, 0.29) is 23.7 Å². The van der Waals surface area contributed by atoms with E-state index >= 15 is 0 Å². The molecule has 0 atom stereocenters. The summed E-state index contributed by atoms with van der Waals surface area (Å²) in [5, 5.41) is 2.77. The molecule has 0 N–H and O–H groups in total. The minimum absolute atomic E-state index is 0.155. The van der Waals surface area contributed by atoms with Gasteiger partial charge in [-0.3, -0.25) is 0 Å². The van der Waals surface area contributed by atoms with Gasteiger partial charge in [-0.2, -0.15) is 0 Å². The van der Waals surface area contributed by atoms with Crippen molar-refractivity contribution in [2.45, 2.75) is 76.4 Å². The van der Waals surface area contributed by atoms with E-state index < -0.39 is 0 Å². The number of hydrogen-bond acceptors (Lipinski definition) is 2. The lowest BCUT2D eigenvalue weighted by Crippen LogP contribution is -2.55. The van der Waals surface area contributed by atoms with E-state index in [4.69, 9.17) is 9.31 Å². The summed E-state index contributed by atoms with van der Waals surface area (Å²) in [6.45, 7) is 8.62. The van der Waals surface area contributed by atoms with Crippen LogP contribution < -0.4 is 5.46 Å². The van der Waals surface area contributed by atoms with Gasteiger partial charge in [-0.25, -0.2) is 0 Å². The fraction of sp³-hybridized carbons (Fsp3) is 0.500. The monoisotopic (exact) mass is 462 g/mol. The molecule has 6 aliphatic rings. The highest BCUT2D eigenvalue weighted by Crippen LogP contribution is 2.69. The molecular weight excluding hydrogens is 427 g/mol. The molecule has 3 heteroatoms. The highest BCUT2D eigenvalue weighted by molar-refractivity contribution is 6.62. The maximum atomic E-state index is 6.53. The van der Waals surface area contributed by atoms with Crippen LogP contribution in [-0.4, -0.2) is 18.3 Å². The van der Waals surface area contributed by atoms with Crippen LogP contribution in [0.3, 0.4) is 0 Å². The Bertz CT molecular complexity index is 1340. The molecule has 9 rings (SSSR count). The maximum absolute atomic E-state index is 6.53. The predicted octanol–water partition coefficient (Wildman–Crippen LogP) is 6.86. The van der Waals surface area contributed by atoms with E-state index in [2.05, 4.69) is 82.3 Å². The molecule has 0 aromatic heterocycles. The van der Waals surface area contributed by atoms with Crippen LogP contribution >= 0.6 is 0 Å². The van der Waals surface area contributed by atoms with Gasteiger partial charge in [0.15, 0.2) is 0 Å². The van der Waals surface area contributed by atoms with Crippen molar-refractivity contribution in [2.75, 3.05) is 0 Å². The highest BCUT2D eigenvalue weighted by Gasteiger charge is 2.62. The quantitative estimate of drug-likeness (QED) is 0.368. The Labute approximate surface area is 209 Å². The molecule has 178 valence electrons. The zero-order valence-electron chi connectivity index (χ0n) is 21.4. The number of benzene rings is 3. The third kappa shape index (κ3) is 2.54. The van der Waals surface area contributed by atoms with Crippen molar-refractivity contribution in [3.05, 3.63) is 65.7 Å². The van der Waals surface area contributed by atoms with Gasteiger partial charge in [0.2, 0.25) is 0 Å². The summed E-state index contributed by atoms with van der Waals surface area (Å²) in [5.41, 5.74) is 6.85. The molecule has 4 bridgehead atoms. The molecule has 5 fully saturated rings. The largest absolute Gasteiger partial charge is 0.494 e. The molecule has 0 radical (unpaired) electrons. The van der Waals surface area contributed by atoms with E-state index in [9.17, 15) is 0 Å². The lowest BCUT2D eigenvalue weighted by molar-refractivity contribution is -0.0399. The maximum Gasteiger partial charge on any atom is 0.494 e. The van der Waals surface area contributed by atoms with E-state index in [1.54, 1.807) is 11.1 Å². The average molecular weight is 462 g/mol. The average Bonchev–Trinajstić information content (AvgIpc) is 3.24. The van der Waals surface area contributed by atoms with Crippen LogP contribution in [0.15, 0.2) is 54.6 Å². The van der Waals surface area contributed by atoms with Crippen LogP contribution in [0.1, 0.15) is 70.9 Å². The smallest absolute Gasteiger partial charge is 0.399 e. The van der Waals surface area contributed by atoms with Crippen LogP contribution in [-0.2, 0) is 14.7 Å². The molecule has 1 saturated heterocycles. The number of hydrogen-bond donors (Lipinski definition) is 0. The van der Waals surface area contributed by atoms with Crippen LogP contribution in [0.5, 0.6) is 0 Å². The Hall–Kier alpha value is -2.10. The van der Waals surface area contributed by atoms with Gasteiger partial charge < -0.3 is 9.31 Å².